The van der Waals surface area contributed by atoms with Crippen LogP contribution < -0.4 is 5.01 Å². The van der Waals surface area contributed by atoms with Crippen molar-refractivity contribution in [1.82, 2.24) is 0 Å². The zero-order chi connectivity index (χ0) is 24.6. The third-order valence-electron chi connectivity index (χ3n) is 5.02. The lowest BCUT2D eigenvalue weighted by Crippen LogP contribution is -2.22. The number of benzene rings is 2. The highest BCUT2D eigenvalue weighted by molar-refractivity contribution is 7.94. The Morgan fingerprint density at radius 2 is 1.85 bits per heavy atom. The molecule has 0 fully saturated rings. The van der Waals surface area contributed by atoms with Crippen molar-refractivity contribution in [2.24, 2.45) is 5.10 Å². The molecule has 2 heterocycles. The minimum atomic E-state index is -3.92. The van der Waals surface area contributed by atoms with Gasteiger partial charge in [0.25, 0.3) is 5.91 Å². The number of rotatable bonds is 7. The molecule has 11 heteroatoms. The Kier molecular flexibility index (Phi) is 6.66. The highest BCUT2D eigenvalue weighted by Gasteiger charge is 2.31. The predicted molar refractivity (Wildman–Crippen MR) is 126 cm³/mol. The average Bonchev–Trinajstić information content (AvgIpc) is 3.34. The van der Waals surface area contributed by atoms with E-state index in [1.54, 1.807) is 12.1 Å². The van der Waals surface area contributed by atoms with Crippen LogP contribution in [0.15, 0.2) is 57.8 Å². The Labute approximate surface area is 203 Å². The molecular weight excluding hydrogens is 506 g/mol. The molecule has 0 bridgehead atoms. The summed E-state index contributed by atoms with van der Waals surface area (Å²) >= 11 is 6.56. The van der Waals surface area contributed by atoms with Crippen molar-refractivity contribution in [3.05, 3.63) is 81.2 Å². The van der Waals surface area contributed by atoms with E-state index < -0.39 is 51.0 Å². The fraction of sp³-hybridized carbons (Fsp3) is 0.174. The van der Waals surface area contributed by atoms with Gasteiger partial charge in [-0.15, -0.1) is 11.3 Å². The summed E-state index contributed by atoms with van der Waals surface area (Å²) in [5.74, 6) is -4.34. The minimum absolute atomic E-state index is 0.0577. The van der Waals surface area contributed by atoms with Crippen LogP contribution in [-0.2, 0) is 25.8 Å². The van der Waals surface area contributed by atoms with Crippen molar-refractivity contribution in [2.75, 3.05) is 10.8 Å². The van der Waals surface area contributed by atoms with Gasteiger partial charge in [-0.05, 0) is 42.3 Å². The molecule has 0 atom stereocenters. The Morgan fingerprint density at radius 3 is 2.47 bits per heavy atom. The van der Waals surface area contributed by atoms with Gasteiger partial charge < -0.3 is 0 Å². The van der Waals surface area contributed by atoms with Crippen LogP contribution in [0.5, 0.6) is 0 Å². The van der Waals surface area contributed by atoms with Crippen LogP contribution in [0.3, 0.4) is 0 Å². The maximum atomic E-state index is 14.8. The van der Waals surface area contributed by atoms with Crippen molar-refractivity contribution in [3.8, 4) is 0 Å². The van der Waals surface area contributed by atoms with Crippen molar-refractivity contribution in [1.29, 1.82) is 0 Å². The lowest BCUT2D eigenvalue weighted by Gasteiger charge is -2.15. The Hall–Kier alpha value is -2.95. The molecule has 34 heavy (non-hydrogen) atoms. The molecule has 4 rings (SSSR count). The van der Waals surface area contributed by atoms with E-state index in [-0.39, 0.29) is 20.5 Å². The van der Waals surface area contributed by atoms with Crippen molar-refractivity contribution in [2.45, 2.75) is 24.0 Å². The number of sulfone groups is 1. The van der Waals surface area contributed by atoms with Gasteiger partial charge in [-0.1, -0.05) is 41.4 Å². The van der Waals surface area contributed by atoms with Gasteiger partial charge in [0.15, 0.2) is 27.3 Å². The Bertz CT molecular complexity index is 1430. The van der Waals surface area contributed by atoms with Gasteiger partial charge in [0.05, 0.1) is 16.5 Å². The standard InChI is InChI=1S/C23H17ClF2N2O4S2/c1-13-3-2-4-15(7-13)19-11-21(30)28(27-19)23-17(25)9-14(10-18(23)26)8-16(29)12-34(31,32)22-6-5-20(24)33-22/h2-7,9-10H,8,11-12H2,1H3. The molecular formula is C23H17ClF2N2O4S2. The van der Waals surface area contributed by atoms with Gasteiger partial charge in [0, 0.05) is 6.42 Å². The summed E-state index contributed by atoms with van der Waals surface area (Å²) in [6.45, 7) is 1.87. The molecule has 0 unspecified atom stereocenters. The van der Waals surface area contributed by atoms with Crippen LogP contribution in [0.25, 0.3) is 0 Å². The maximum Gasteiger partial charge on any atom is 0.253 e. The number of Topliss-reactive ketones (excluding diaryl/α,β-unsaturated/α-hetero) is 1. The van der Waals surface area contributed by atoms with Crippen LogP contribution in [0, 0.1) is 18.6 Å². The summed E-state index contributed by atoms with van der Waals surface area (Å²) in [5.41, 5.74) is 1.29. The van der Waals surface area contributed by atoms with Crippen LogP contribution in [0.4, 0.5) is 14.5 Å². The van der Waals surface area contributed by atoms with Gasteiger partial charge in [-0.25, -0.2) is 17.2 Å². The number of thiophene rings is 1. The number of carbonyl (C=O) groups excluding carboxylic acids is 2. The quantitative estimate of drug-likeness (QED) is 0.449. The average molecular weight is 523 g/mol. The van der Waals surface area contributed by atoms with E-state index in [0.717, 1.165) is 29.0 Å². The molecule has 1 amide bonds. The van der Waals surface area contributed by atoms with E-state index in [4.69, 9.17) is 11.6 Å². The fourth-order valence-corrected chi connectivity index (χ4v) is 6.35. The van der Waals surface area contributed by atoms with E-state index in [0.29, 0.717) is 16.3 Å². The minimum Gasteiger partial charge on any atom is -0.298 e. The van der Waals surface area contributed by atoms with Crippen LogP contribution in [0.1, 0.15) is 23.1 Å². The molecule has 0 radical (unpaired) electrons. The van der Waals surface area contributed by atoms with Crippen molar-refractivity contribution < 1.29 is 26.8 Å². The first-order valence-corrected chi connectivity index (χ1v) is 12.8. The molecule has 1 aromatic heterocycles. The van der Waals surface area contributed by atoms with Gasteiger partial charge >= 0.3 is 0 Å². The van der Waals surface area contributed by atoms with Crippen LogP contribution in [-0.4, -0.2) is 31.6 Å². The number of nitrogens with zero attached hydrogens (tertiary/aromatic N) is 2. The van der Waals surface area contributed by atoms with E-state index >= 15 is 0 Å². The van der Waals surface area contributed by atoms with Crippen molar-refractivity contribution in [3.63, 3.8) is 0 Å². The number of hydrazone groups is 1. The largest absolute Gasteiger partial charge is 0.298 e. The number of hydrogen-bond acceptors (Lipinski definition) is 6. The first-order valence-electron chi connectivity index (χ1n) is 9.98. The zero-order valence-corrected chi connectivity index (χ0v) is 20.1. The second-order valence-corrected chi connectivity index (χ2v) is 11.7. The predicted octanol–water partition coefficient (Wildman–Crippen LogP) is 4.71. The third-order valence-corrected chi connectivity index (χ3v) is 8.51. The first-order chi connectivity index (χ1) is 16.0. The monoisotopic (exact) mass is 522 g/mol. The Balaban J connectivity index is 1.54. The summed E-state index contributed by atoms with van der Waals surface area (Å²) < 4.78 is 54.6. The summed E-state index contributed by atoms with van der Waals surface area (Å²) in [4.78, 5) is 24.8. The van der Waals surface area contributed by atoms with Gasteiger partial charge in [-0.3, -0.25) is 9.59 Å². The smallest absolute Gasteiger partial charge is 0.253 e. The summed E-state index contributed by atoms with van der Waals surface area (Å²) in [6, 6.07) is 11.7. The molecule has 0 saturated heterocycles. The van der Waals surface area contributed by atoms with E-state index in [1.165, 1.54) is 12.1 Å². The zero-order valence-electron chi connectivity index (χ0n) is 17.7. The molecule has 0 saturated carbocycles. The molecule has 1 aliphatic heterocycles. The number of amides is 1. The van der Waals surface area contributed by atoms with Gasteiger partial charge in [-0.2, -0.15) is 10.1 Å². The molecule has 3 aromatic rings. The maximum absolute atomic E-state index is 14.8. The van der Waals surface area contributed by atoms with Gasteiger partial charge in [0.2, 0.25) is 0 Å². The highest BCUT2D eigenvalue weighted by Crippen LogP contribution is 2.30. The van der Waals surface area contributed by atoms with Crippen molar-refractivity contribution >= 4 is 55.9 Å². The summed E-state index contributed by atoms with van der Waals surface area (Å²) in [6.07, 6.45) is -0.620. The van der Waals surface area contributed by atoms with E-state index in [9.17, 15) is 26.8 Å². The number of hydrogen-bond donors (Lipinski definition) is 0. The third kappa shape index (κ3) is 5.08. The molecule has 0 spiro atoms. The number of halogens is 3. The normalized spacial score (nSPS) is 13.9. The molecule has 2 aromatic carbocycles. The highest BCUT2D eigenvalue weighted by atomic mass is 35.5. The van der Waals surface area contributed by atoms with E-state index in [2.05, 4.69) is 5.10 Å². The lowest BCUT2D eigenvalue weighted by molar-refractivity contribution is -0.117. The second-order valence-electron chi connectivity index (χ2n) is 7.74. The number of anilines is 1. The summed E-state index contributed by atoms with van der Waals surface area (Å²) in [5, 5.41) is 4.79. The Morgan fingerprint density at radius 1 is 1.15 bits per heavy atom. The fourth-order valence-electron chi connectivity index (χ4n) is 3.54. The molecule has 0 N–H and O–H groups in total. The molecule has 6 nitrogen and oxygen atoms in total. The second kappa shape index (κ2) is 9.36. The van der Waals surface area contributed by atoms with Gasteiger partial charge in [0.1, 0.15) is 15.6 Å². The van der Waals surface area contributed by atoms with Crippen LogP contribution >= 0.6 is 22.9 Å². The number of carbonyl (C=O) groups is 2. The lowest BCUT2D eigenvalue weighted by atomic mass is 10.1. The molecule has 1 aliphatic rings. The molecule has 0 aliphatic carbocycles. The first kappa shape index (κ1) is 24.2. The topological polar surface area (TPSA) is 83.9 Å². The number of aryl methyl sites for hydroxylation is 1. The number of ketones is 1. The summed E-state index contributed by atoms with van der Waals surface area (Å²) in [7, 11) is -3.92. The van der Waals surface area contributed by atoms with Crippen LogP contribution in [0.2, 0.25) is 4.34 Å². The molecule has 176 valence electrons. The van der Waals surface area contributed by atoms with E-state index in [1.807, 2.05) is 19.1 Å². The SMILES string of the molecule is Cc1cccc(C2=NN(c3c(F)cc(CC(=O)CS(=O)(=O)c4ccc(Cl)s4)cc3F)C(=O)C2)c1.